The number of carbonyl (C=O) groups is 1. The Labute approximate surface area is 134 Å². The highest BCUT2D eigenvalue weighted by Crippen LogP contribution is 2.10. The average Bonchev–Trinajstić information content (AvgIpc) is 2.44. The number of sulfonamides is 1. The van der Waals surface area contributed by atoms with Crippen LogP contribution in [0.5, 0.6) is 0 Å². The van der Waals surface area contributed by atoms with E-state index in [0.717, 1.165) is 11.8 Å². The minimum absolute atomic E-state index is 0.00995. The molecule has 0 aliphatic carbocycles. The van der Waals surface area contributed by atoms with E-state index in [0.29, 0.717) is 19.5 Å². The van der Waals surface area contributed by atoms with Crippen molar-refractivity contribution in [2.24, 2.45) is 0 Å². The van der Waals surface area contributed by atoms with Crippen molar-refractivity contribution < 1.29 is 13.2 Å². The van der Waals surface area contributed by atoms with Crippen LogP contribution in [0.1, 0.15) is 32.8 Å². The van der Waals surface area contributed by atoms with Crippen molar-refractivity contribution in [2.45, 2.75) is 39.8 Å². The van der Waals surface area contributed by atoms with Crippen LogP contribution in [0.4, 0.5) is 0 Å². The van der Waals surface area contributed by atoms with Gasteiger partial charge >= 0.3 is 0 Å². The van der Waals surface area contributed by atoms with E-state index in [-0.39, 0.29) is 18.5 Å². The Kier molecular flexibility index (Phi) is 7.03. The first-order valence-corrected chi connectivity index (χ1v) is 9.39. The number of hydrogen-bond donors (Lipinski definition) is 0. The van der Waals surface area contributed by atoms with Crippen LogP contribution in [0.3, 0.4) is 0 Å². The summed E-state index contributed by atoms with van der Waals surface area (Å²) in [5.74, 6) is -0.169. The lowest BCUT2D eigenvalue weighted by molar-refractivity contribution is -0.133. The van der Waals surface area contributed by atoms with E-state index in [2.05, 4.69) is 0 Å². The smallest absolute Gasteiger partial charge is 0.238 e. The summed E-state index contributed by atoms with van der Waals surface area (Å²) >= 11 is 0. The van der Waals surface area contributed by atoms with Crippen molar-refractivity contribution in [3.63, 3.8) is 0 Å². The van der Waals surface area contributed by atoms with Gasteiger partial charge in [0.25, 0.3) is 0 Å². The molecule has 0 saturated heterocycles. The van der Waals surface area contributed by atoms with Crippen LogP contribution in [-0.2, 0) is 21.4 Å². The van der Waals surface area contributed by atoms with Crippen LogP contribution in [0.2, 0.25) is 0 Å². The second-order valence-corrected chi connectivity index (χ2v) is 7.68. The van der Waals surface area contributed by atoms with Crippen molar-refractivity contribution in [3.05, 3.63) is 35.9 Å². The third-order valence-corrected chi connectivity index (χ3v) is 4.64. The zero-order valence-corrected chi connectivity index (χ0v) is 14.6. The van der Waals surface area contributed by atoms with Gasteiger partial charge in [-0.15, -0.1) is 0 Å². The molecule has 1 aromatic carbocycles. The maximum atomic E-state index is 12.5. The molecule has 0 aromatic heterocycles. The molecule has 1 rings (SSSR count). The number of nitrogens with zero attached hydrogens (tertiary/aromatic N) is 2. The predicted octanol–water partition coefficient (Wildman–Crippen LogP) is 2.10. The van der Waals surface area contributed by atoms with E-state index in [1.54, 1.807) is 4.90 Å². The maximum absolute atomic E-state index is 12.5. The van der Waals surface area contributed by atoms with Crippen molar-refractivity contribution in [3.8, 4) is 0 Å². The summed E-state index contributed by atoms with van der Waals surface area (Å²) in [6, 6.07) is 9.72. The molecule has 0 unspecified atom stereocenters. The second-order valence-electron chi connectivity index (χ2n) is 5.70. The third-order valence-electron chi connectivity index (χ3n) is 3.39. The fourth-order valence-electron chi connectivity index (χ4n) is 2.19. The van der Waals surface area contributed by atoms with Crippen LogP contribution in [-0.4, -0.2) is 48.9 Å². The minimum Gasteiger partial charge on any atom is -0.335 e. The van der Waals surface area contributed by atoms with Gasteiger partial charge in [0.15, 0.2) is 0 Å². The molecule has 1 amide bonds. The zero-order chi connectivity index (χ0) is 16.8. The molecule has 0 bridgehead atoms. The first-order valence-electron chi connectivity index (χ1n) is 7.54. The van der Waals surface area contributed by atoms with E-state index < -0.39 is 10.0 Å². The summed E-state index contributed by atoms with van der Waals surface area (Å²) in [6.45, 7) is 6.52. The molecule has 0 atom stereocenters. The second kappa shape index (κ2) is 8.29. The number of carbonyl (C=O) groups excluding carboxylic acids is 1. The van der Waals surface area contributed by atoms with Gasteiger partial charge in [-0.25, -0.2) is 8.42 Å². The van der Waals surface area contributed by atoms with E-state index in [9.17, 15) is 13.2 Å². The maximum Gasteiger partial charge on any atom is 0.238 e. The summed E-state index contributed by atoms with van der Waals surface area (Å²) in [5.41, 5.74) is 1.03. The Hall–Kier alpha value is -1.40. The molecule has 5 nitrogen and oxygen atoms in total. The van der Waals surface area contributed by atoms with E-state index in [1.165, 1.54) is 4.31 Å². The molecule has 0 saturated carbocycles. The molecule has 0 heterocycles. The average molecular weight is 326 g/mol. The number of hydrogen-bond acceptors (Lipinski definition) is 3. The Morgan fingerprint density at radius 3 is 2.23 bits per heavy atom. The number of benzene rings is 1. The molecule has 0 fully saturated rings. The highest BCUT2D eigenvalue weighted by molar-refractivity contribution is 7.88. The van der Waals surface area contributed by atoms with E-state index in [1.807, 2.05) is 51.1 Å². The third kappa shape index (κ3) is 5.77. The summed E-state index contributed by atoms with van der Waals surface area (Å²) in [6.07, 6.45) is 1.83. The first-order chi connectivity index (χ1) is 10.3. The van der Waals surface area contributed by atoms with Crippen molar-refractivity contribution in [1.29, 1.82) is 0 Å². The summed E-state index contributed by atoms with van der Waals surface area (Å²) < 4.78 is 24.8. The van der Waals surface area contributed by atoms with Crippen molar-refractivity contribution in [2.75, 3.05) is 19.3 Å². The van der Waals surface area contributed by atoms with Gasteiger partial charge in [-0.2, -0.15) is 4.31 Å². The molecule has 1 aromatic rings. The fraction of sp³-hybridized carbons (Fsp3) is 0.562. The van der Waals surface area contributed by atoms with Gasteiger partial charge in [-0.3, -0.25) is 4.79 Å². The van der Waals surface area contributed by atoms with Crippen LogP contribution in [0.25, 0.3) is 0 Å². The highest BCUT2D eigenvalue weighted by Gasteiger charge is 2.24. The molecule has 0 N–H and O–H groups in total. The Bertz CT molecular complexity index is 570. The SMILES string of the molecule is CCCN(CC(=O)N(Cc1ccccc1)C(C)C)S(C)(=O)=O. The standard InChI is InChI=1S/C16H26N2O3S/c1-5-11-17(22(4,20)21)13-16(19)18(14(2)3)12-15-9-7-6-8-10-15/h6-10,14H,5,11-13H2,1-4H3. The molecule has 0 spiro atoms. The van der Waals surface area contributed by atoms with Gasteiger partial charge in [-0.1, -0.05) is 37.3 Å². The minimum atomic E-state index is -3.37. The fourth-order valence-corrected chi connectivity index (χ4v) is 3.05. The van der Waals surface area contributed by atoms with Crippen LogP contribution in [0.15, 0.2) is 30.3 Å². The van der Waals surface area contributed by atoms with Crippen LogP contribution < -0.4 is 0 Å². The van der Waals surface area contributed by atoms with Gasteiger partial charge in [0.2, 0.25) is 15.9 Å². The number of rotatable bonds is 8. The summed E-state index contributed by atoms with van der Waals surface area (Å²) in [4.78, 5) is 14.3. The topological polar surface area (TPSA) is 57.7 Å². The lowest BCUT2D eigenvalue weighted by Crippen LogP contribution is -2.45. The molecule has 0 aliphatic rings. The molecule has 0 radical (unpaired) electrons. The molecular weight excluding hydrogens is 300 g/mol. The summed E-state index contributed by atoms with van der Waals surface area (Å²) in [7, 11) is -3.37. The zero-order valence-electron chi connectivity index (χ0n) is 13.8. The monoisotopic (exact) mass is 326 g/mol. The van der Waals surface area contributed by atoms with Crippen molar-refractivity contribution in [1.82, 2.24) is 9.21 Å². The lowest BCUT2D eigenvalue weighted by Gasteiger charge is -2.29. The van der Waals surface area contributed by atoms with Crippen LogP contribution in [0, 0.1) is 0 Å². The molecule has 6 heteroatoms. The Balaban J connectivity index is 2.85. The van der Waals surface area contributed by atoms with Gasteiger partial charge in [0.1, 0.15) is 0 Å². The van der Waals surface area contributed by atoms with Gasteiger partial charge in [0, 0.05) is 19.1 Å². The number of amides is 1. The lowest BCUT2D eigenvalue weighted by atomic mass is 10.2. The van der Waals surface area contributed by atoms with E-state index >= 15 is 0 Å². The quantitative estimate of drug-likeness (QED) is 0.735. The molecule has 0 aliphatic heterocycles. The van der Waals surface area contributed by atoms with Gasteiger partial charge in [0.05, 0.1) is 12.8 Å². The molecule has 22 heavy (non-hydrogen) atoms. The Morgan fingerprint density at radius 1 is 1.18 bits per heavy atom. The Morgan fingerprint density at radius 2 is 1.77 bits per heavy atom. The largest absolute Gasteiger partial charge is 0.335 e. The molecule has 124 valence electrons. The summed E-state index contributed by atoms with van der Waals surface area (Å²) in [5, 5.41) is 0. The van der Waals surface area contributed by atoms with Gasteiger partial charge in [-0.05, 0) is 25.8 Å². The van der Waals surface area contributed by atoms with Gasteiger partial charge < -0.3 is 4.90 Å². The predicted molar refractivity (Wildman–Crippen MR) is 88.8 cm³/mol. The first kappa shape index (κ1) is 18.6. The van der Waals surface area contributed by atoms with Crippen molar-refractivity contribution >= 4 is 15.9 Å². The highest BCUT2D eigenvalue weighted by atomic mass is 32.2. The normalized spacial score (nSPS) is 11.9. The van der Waals surface area contributed by atoms with E-state index in [4.69, 9.17) is 0 Å². The van der Waals surface area contributed by atoms with Crippen LogP contribution >= 0.6 is 0 Å². The molecular formula is C16H26N2O3S.